The van der Waals surface area contributed by atoms with Crippen molar-refractivity contribution >= 4 is 11.6 Å². The first kappa shape index (κ1) is 16.5. The summed E-state index contributed by atoms with van der Waals surface area (Å²) in [6, 6.07) is 5.72. The smallest absolute Gasteiger partial charge is 0.241 e. The van der Waals surface area contributed by atoms with Gasteiger partial charge in [-0.05, 0) is 43.9 Å². The molecule has 0 bridgehead atoms. The minimum absolute atomic E-state index is 0.0407. The quantitative estimate of drug-likeness (QED) is 0.909. The molecule has 1 saturated heterocycles. The number of carbonyl (C=O) groups excluding carboxylic acids is 1. The van der Waals surface area contributed by atoms with Crippen LogP contribution in [0.25, 0.3) is 11.4 Å². The summed E-state index contributed by atoms with van der Waals surface area (Å²) in [6.45, 7) is 6.16. The first-order valence-corrected chi connectivity index (χ1v) is 8.09. The second-order valence-electron chi connectivity index (χ2n) is 6.46. The SMILES string of the molecule is Cc1ccc(NC(=O)C2CC(C)C(C)N2)cc1-c1ncc(F)cn1. The lowest BCUT2D eigenvalue weighted by Gasteiger charge is -2.13. The fraction of sp³-hybridized carbons (Fsp3) is 0.389. The molecule has 126 valence electrons. The Morgan fingerprint density at radius 3 is 2.62 bits per heavy atom. The van der Waals surface area contributed by atoms with Gasteiger partial charge in [-0.1, -0.05) is 13.0 Å². The topological polar surface area (TPSA) is 66.9 Å². The lowest BCUT2D eigenvalue weighted by molar-refractivity contribution is -0.117. The fourth-order valence-electron chi connectivity index (χ4n) is 2.93. The molecule has 0 aliphatic carbocycles. The number of hydrogen-bond acceptors (Lipinski definition) is 4. The fourth-order valence-corrected chi connectivity index (χ4v) is 2.93. The van der Waals surface area contributed by atoms with Crippen molar-refractivity contribution < 1.29 is 9.18 Å². The van der Waals surface area contributed by atoms with E-state index in [0.717, 1.165) is 29.9 Å². The average Bonchev–Trinajstić information content (AvgIpc) is 2.90. The first-order chi connectivity index (χ1) is 11.4. The zero-order chi connectivity index (χ0) is 17.3. The van der Waals surface area contributed by atoms with Gasteiger partial charge in [-0.3, -0.25) is 4.79 Å². The third-order valence-corrected chi connectivity index (χ3v) is 4.61. The highest BCUT2D eigenvalue weighted by atomic mass is 19.1. The van der Waals surface area contributed by atoms with E-state index < -0.39 is 5.82 Å². The summed E-state index contributed by atoms with van der Waals surface area (Å²) in [6.07, 6.45) is 3.10. The molecule has 1 aromatic carbocycles. The van der Waals surface area contributed by atoms with Crippen LogP contribution >= 0.6 is 0 Å². The lowest BCUT2D eigenvalue weighted by Crippen LogP contribution is -2.38. The summed E-state index contributed by atoms with van der Waals surface area (Å²) in [7, 11) is 0. The molecule has 2 aromatic rings. The van der Waals surface area contributed by atoms with E-state index in [4.69, 9.17) is 0 Å². The van der Waals surface area contributed by atoms with E-state index in [0.29, 0.717) is 23.5 Å². The van der Waals surface area contributed by atoms with Gasteiger partial charge in [0.1, 0.15) is 0 Å². The molecule has 1 aromatic heterocycles. The zero-order valence-electron chi connectivity index (χ0n) is 14.0. The predicted molar refractivity (Wildman–Crippen MR) is 91.0 cm³/mol. The van der Waals surface area contributed by atoms with Crippen LogP contribution in [0.15, 0.2) is 30.6 Å². The van der Waals surface area contributed by atoms with Crippen LogP contribution in [0.4, 0.5) is 10.1 Å². The molecule has 6 heteroatoms. The Morgan fingerprint density at radius 2 is 2.00 bits per heavy atom. The van der Waals surface area contributed by atoms with E-state index in [1.54, 1.807) is 0 Å². The molecule has 1 aliphatic heterocycles. The molecule has 0 saturated carbocycles. The Labute approximate surface area is 140 Å². The minimum Gasteiger partial charge on any atom is -0.325 e. The minimum atomic E-state index is -0.476. The average molecular weight is 328 g/mol. The van der Waals surface area contributed by atoms with E-state index in [-0.39, 0.29) is 11.9 Å². The first-order valence-electron chi connectivity index (χ1n) is 8.09. The number of nitrogens with one attached hydrogen (secondary N) is 2. The van der Waals surface area contributed by atoms with Crippen molar-refractivity contribution in [3.8, 4) is 11.4 Å². The van der Waals surface area contributed by atoms with Gasteiger partial charge < -0.3 is 10.6 Å². The maximum absolute atomic E-state index is 13.0. The van der Waals surface area contributed by atoms with E-state index in [9.17, 15) is 9.18 Å². The molecule has 3 unspecified atom stereocenters. The van der Waals surface area contributed by atoms with Crippen LogP contribution in [0.3, 0.4) is 0 Å². The van der Waals surface area contributed by atoms with E-state index in [2.05, 4.69) is 34.4 Å². The molecule has 1 amide bonds. The Bertz CT molecular complexity index is 737. The number of hydrogen-bond donors (Lipinski definition) is 2. The number of amides is 1. The molecule has 2 N–H and O–H groups in total. The Hall–Kier alpha value is -2.34. The number of nitrogens with zero attached hydrogens (tertiary/aromatic N) is 2. The molecule has 1 fully saturated rings. The maximum Gasteiger partial charge on any atom is 0.241 e. The van der Waals surface area contributed by atoms with Crippen LogP contribution in [0.1, 0.15) is 25.8 Å². The van der Waals surface area contributed by atoms with E-state index >= 15 is 0 Å². The van der Waals surface area contributed by atoms with Gasteiger partial charge in [0, 0.05) is 17.3 Å². The van der Waals surface area contributed by atoms with Crippen LogP contribution in [0.5, 0.6) is 0 Å². The number of anilines is 1. The van der Waals surface area contributed by atoms with Crippen LogP contribution in [0, 0.1) is 18.7 Å². The van der Waals surface area contributed by atoms with Gasteiger partial charge in [-0.15, -0.1) is 0 Å². The standard InChI is InChI=1S/C18H21FN4O/c1-10-4-5-14(7-15(10)17-20-8-13(19)9-21-17)23-18(24)16-6-11(2)12(3)22-16/h4-5,7-9,11-12,16,22H,6H2,1-3H3,(H,23,24). The number of carbonyl (C=O) groups is 1. The summed E-state index contributed by atoms with van der Waals surface area (Å²) >= 11 is 0. The summed E-state index contributed by atoms with van der Waals surface area (Å²) < 4.78 is 13.0. The van der Waals surface area contributed by atoms with Crippen molar-refractivity contribution in [3.05, 3.63) is 42.0 Å². The number of aromatic nitrogens is 2. The number of aryl methyl sites for hydroxylation is 1. The van der Waals surface area contributed by atoms with Gasteiger partial charge in [-0.2, -0.15) is 0 Å². The van der Waals surface area contributed by atoms with Crippen molar-refractivity contribution in [2.24, 2.45) is 5.92 Å². The van der Waals surface area contributed by atoms with Crippen molar-refractivity contribution in [3.63, 3.8) is 0 Å². The molecule has 3 rings (SSSR count). The summed E-state index contributed by atoms with van der Waals surface area (Å²) in [5.41, 5.74) is 2.41. The normalized spacial score (nSPS) is 23.2. The van der Waals surface area contributed by atoms with E-state index in [1.165, 1.54) is 0 Å². The summed E-state index contributed by atoms with van der Waals surface area (Å²) in [4.78, 5) is 20.5. The molecule has 1 aliphatic rings. The van der Waals surface area contributed by atoms with Gasteiger partial charge in [-0.25, -0.2) is 14.4 Å². The Kier molecular flexibility index (Phi) is 4.57. The third-order valence-electron chi connectivity index (χ3n) is 4.61. The highest BCUT2D eigenvalue weighted by Gasteiger charge is 2.32. The van der Waals surface area contributed by atoms with Crippen molar-refractivity contribution in [1.82, 2.24) is 15.3 Å². The van der Waals surface area contributed by atoms with Gasteiger partial charge in [0.15, 0.2) is 11.6 Å². The van der Waals surface area contributed by atoms with Crippen molar-refractivity contribution in [1.29, 1.82) is 0 Å². The maximum atomic E-state index is 13.0. The molecule has 5 nitrogen and oxygen atoms in total. The zero-order valence-corrected chi connectivity index (χ0v) is 14.0. The molecule has 0 radical (unpaired) electrons. The molecule has 2 heterocycles. The second-order valence-corrected chi connectivity index (χ2v) is 6.46. The van der Waals surface area contributed by atoms with Gasteiger partial charge >= 0.3 is 0 Å². The second kappa shape index (κ2) is 6.65. The van der Waals surface area contributed by atoms with Crippen LogP contribution in [0.2, 0.25) is 0 Å². The molecule has 0 spiro atoms. The molecular weight excluding hydrogens is 307 g/mol. The Balaban J connectivity index is 1.79. The predicted octanol–water partition coefficient (Wildman–Crippen LogP) is 2.92. The number of halogens is 1. The van der Waals surface area contributed by atoms with Gasteiger partial charge in [0.2, 0.25) is 5.91 Å². The molecular formula is C18H21FN4O. The van der Waals surface area contributed by atoms with Crippen LogP contribution < -0.4 is 10.6 Å². The summed E-state index contributed by atoms with van der Waals surface area (Å²) in [5.74, 6) is 0.394. The van der Waals surface area contributed by atoms with Crippen molar-refractivity contribution in [2.75, 3.05) is 5.32 Å². The molecule has 24 heavy (non-hydrogen) atoms. The monoisotopic (exact) mass is 328 g/mol. The molecule has 3 atom stereocenters. The third kappa shape index (κ3) is 3.43. The van der Waals surface area contributed by atoms with Crippen molar-refractivity contribution in [2.45, 2.75) is 39.3 Å². The number of rotatable bonds is 3. The largest absolute Gasteiger partial charge is 0.325 e. The van der Waals surface area contributed by atoms with Gasteiger partial charge in [0.25, 0.3) is 0 Å². The van der Waals surface area contributed by atoms with Crippen LogP contribution in [-0.4, -0.2) is 28.0 Å². The summed E-state index contributed by atoms with van der Waals surface area (Å²) in [5, 5.41) is 6.25. The highest BCUT2D eigenvalue weighted by molar-refractivity contribution is 5.95. The number of benzene rings is 1. The van der Waals surface area contributed by atoms with Crippen LogP contribution in [-0.2, 0) is 4.79 Å². The Morgan fingerprint density at radius 1 is 1.29 bits per heavy atom. The van der Waals surface area contributed by atoms with Gasteiger partial charge in [0.05, 0.1) is 18.4 Å². The van der Waals surface area contributed by atoms with E-state index in [1.807, 2.05) is 25.1 Å². The highest BCUT2D eigenvalue weighted by Crippen LogP contribution is 2.25. The lowest BCUT2D eigenvalue weighted by atomic mass is 10.0.